The molecule has 1 aromatic rings. The van der Waals surface area contributed by atoms with Gasteiger partial charge in [0.2, 0.25) is 0 Å². The van der Waals surface area contributed by atoms with Gasteiger partial charge in [-0.1, -0.05) is 13.8 Å². The van der Waals surface area contributed by atoms with Crippen molar-refractivity contribution in [2.24, 2.45) is 18.2 Å². The Morgan fingerprint density at radius 1 is 1.60 bits per heavy atom. The molecule has 2 N–H and O–H groups in total. The van der Waals surface area contributed by atoms with Crippen LogP contribution in [0.5, 0.6) is 0 Å². The first-order valence-corrected chi connectivity index (χ1v) is 5.77. The second-order valence-corrected chi connectivity index (χ2v) is 5.33. The second-order valence-electron chi connectivity index (χ2n) is 5.33. The van der Waals surface area contributed by atoms with E-state index in [0.29, 0.717) is 11.3 Å². The van der Waals surface area contributed by atoms with Gasteiger partial charge in [-0.25, -0.2) is 0 Å². The van der Waals surface area contributed by atoms with Gasteiger partial charge in [0.05, 0.1) is 5.69 Å². The minimum atomic E-state index is 0.348. The molecule has 0 saturated carbocycles. The molecule has 3 heteroatoms. The molecular weight excluding hydrogens is 186 g/mol. The lowest BCUT2D eigenvalue weighted by atomic mass is 9.67. The predicted molar refractivity (Wildman–Crippen MR) is 61.7 cm³/mol. The van der Waals surface area contributed by atoms with E-state index in [0.717, 1.165) is 19.4 Å². The van der Waals surface area contributed by atoms with Gasteiger partial charge >= 0.3 is 0 Å². The maximum atomic E-state index is 5.71. The summed E-state index contributed by atoms with van der Waals surface area (Å²) < 4.78 is 1.94. The molecule has 0 amide bonds. The quantitative estimate of drug-likeness (QED) is 0.804. The van der Waals surface area contributed by atoms with E-state index >= 15 is 0 Å². The molecule has 1 aliphatic rings. The van der Waals surface area contributed by atoms with Crippen molar-refractivity contribution >= 4 is 0 Å². The molecule has 0 spiro atoms. The van der Waals surface area contributed by atoms with Gasteiger partial charge < -0.3 is 5.73 Å². The fraction of sp³-hybridized carbons (Fsp3) is 0.750. The molecule has 84 valence electrons. The number of fused-ring (bicyclic) bond motifs is 1. The third kappa shape index (κ3) is 1.81. The molecule has 1 atom stereocenters. The number of rotatable bonds is 2. The average molecular weight is 207 g/mol. The highest BCUT2D eigenvalue weighted by molar-refractivity contribution is 5.27. The van der Waals surface area contributed by atoms with Crippen molar-refractivity contribution in [3.05, 3.63) is 17.5 Å². The smallest absolute Gasteiger partial charge is 0.0693 e. The van der Waals surface area contributed by atoms with Crippen LogP contribution in [0, 0.1) is 5.41 Å². The van der Waals surface area contributed by atoms with Crippen molar-refractivity contribution in [1.82, 2.24) is 9.78 Å². The van der Waals surface area contributed by atoms with Gasteiger partial charge in [0.25, 0.3) is 0 Å². The highest BCUT2D eigenvalue weighted by Gasteiger charge is 2.37. The molecule has 0 bridgehead atoms. The van der Waals surface area contributed by atoms with E-state index in [1.165, 1.54) is 17.7 Å². The third-order valence-electron chi connectivity index (χ3n) is 3.70. The topological polar surface area (TPSA) is 43.8 Å². The van der Waals surface area contributed by atoms with Gasteiger partial charge in [0.15, 0.2) is 0 Å². The largest absolute Gasteiger partial charge is 0.330 e. The summed E-state index contributed by atoms with van der Waals surface area (Å²) in [5.74, 6) is 0.535. The summed E-state index contributed by atoms with van der Waals surface area (Å²) >= 11 is 0. The van der Waals surface area contributed by atoms with Crippen molar-refractivity contribution < 1.29 is 0 Å². The van der Waals surface area contributed by atoms with Crippen LogP contribution in [0.15, 0.2) is 6.20 Å². The number of hydrogen-bond acceptors (Lipinski definition) is 2. The zero-order chi connectivity index (χ0) is 11.1. The molecule has 0 fully saturated rings. The Morgan fingerprint density at radius 3 is 3.00 bits per heavy atom. The Morgan fingerprint density at radius 2 is 2.33 bits per heavy atom. The van der Waals surface area contributed by atoms with Gasteiger partial charge in [-0.2, -0.15) is 5.10 Å². The van der Waals surface area contributed by atoms with E-state index in [2.05, 4.69) is 25.1 Å². The van der Waals surface area contributed by atoms with Crippen LogP contribution in [0.4, 0.5) is 0 Å². The third-order valence-corrected chi connectivity index (χ3v) is 3.70. The fourth-order valence-corrected chi connectivity index (χ4v) is 2.74. The number of aromatic nitrogens is 2. The molecule has 0 saturated heterocycles. The van der Waals surface area contributed by atoms with Gasteiger partial charge in [-0.15, -0.1) is 0 Å². The first-order valence-electron chi connectivity index (χ1n) is 5.77. The van der Waals surface area contributed by atoms with E-state index in [-0.39, 0.29) is 0 Å². The fourth-order valence-electron chi connectivity index (χ4n) is 2.74. The van der Waals surface area contributed by atoms with E-state index in [1.54, 1.807) is 0 Å². The van der Waals surface area contributed by atoms with Crippen LogP contribution in [0.3, 0.4) is 0 Å². The summed E-state index contributed by atoms with van der Waals surface area (Å²) in [5.41, 5.74) is 8.77. The minimum absolute atomic E-state index is 0.348. The SMILES string of the molecule is Cn1cc2c(n1)C(CCN)C(C)(C)CC2. The molecule has 1 unspecified atom stereocenters. The molecule has 0 radical (unpaired) electrons. The van der Waals surface area contributed by atoms with Crippen molar-refractivity contribution in [3.8, 4) is 0 Å². The van der Waals surface area contributed by atoms with Crippen molar-refractivity contribution in [3.63, 3.8) is 0 Å². The lowest BCUT2D eigenvalue weighted by Crippen LogP contribution is -2.30. The van der Waals surface area contributed by atoms with Crippen LogP contribution < -0.4 is 5.73 Å². The lowest BCUT2D eigenvalue weighted by molar-refractivity contribution is 0.231. The van der Waals surface area contributed by atoms with E-state index < -0.39 is 0 Å². The molecule has 1 heterocycles. The van der Waals surface area contributed by atoms with Crippen LogP contribution in [-0.2, 0) is 13.5 Å². The number of nitrogens with zero attached hydrogens (tertiary/aromatic N) is 2. The van der Waals surface area contributed by atoms with Crippen LogP contribution in [-0.4, -0.2) is 16.3 Å². The Kier molecular flexibility index (Phi) is 2.59. The highest BCUT2D eigenvalue weighted by atomic mass is 15.3. The summed E-state index contributed by atoms with van der Waals surface area (Å²) in [4.78, 5) is 0. The second kappa shape index (κ2) is 3.63. The van der Waals surface area contributed by atoms with Crippen molar-refractivity contribution in [2.75, 3.05) is 6.54 Å². The monoisotopic (exact) mass is 207 g/mol. The summed E-state index contributed by atoms with van der Waals surface area (Å²) in [6.07, 6.45) is 5.62. The standard InChI is InChI=1S/C12H21N3/c1-12(2)6-4-9-8-15(3)14-11(9)10(12)5-7-13/h8,10H,4-7,13H2,1-3H3. The van der Waals surface area contributed by atoms with Gasteiger partial charge in [-0.3, -0.25) is 4.68 Å². The molecule has 0 aromatic carbocycles. The maximum Gasteiger partial charge on any atom is 0.0693 e. The zero-order valence-electron chi connectivity index (χ0n) is 9.95. The molecule has 2 rings (SSSR count). The molecule has 1 aromatic heterocycles. The number of aryl methyl sites for hydroxylation is 2. The Balaban J connectivity index is 2.38. The van der Waals surface area contributed by atoms with Crippen molar-refractivity contribution in [2.45, 2.75) is 39.0 Å². The van der Waals surface area contributed by atoms with Crippen LogP contribution in [0.1, 0.15) is 43.9 Å². The first kappa shape index (κ1) is 10.7. The van der Waals surface area contributed by atoms with Gasteiger partial charge in [0.1, 0.15) is 0 Å². The van der Waals surface area contributed by atoms with Crippen LogP contribution in [0.25, 0.3) is 0 Å². The van der Waals surface area contributed by atoms with Gasteiger partial charge in [-0.05, 0) is 36.8 Å². The first-order chi connectivity index (χ1) is 7.04. The lowest BCUT2D eigenvalue weighted by Gasteiger charge is -2.37. The molecular formula is C12H21N3. The van der Waals surface area contributed by atoms with Crippen LogP contribution >= 0.6 is 0 Å². The molecule has 1 aliphatic carbocycles. The number of nitrogens with two attached hydrogens (primary N) is 1. The molecule has 3 nitrogen and oxygen atoms in total. The van der Waals surface area contributed by atoms with E-state index in [4.69, 9.17) is 5.73 Å². The average Bonchev–Trinajstić information content (AvgIpc) is 2.51. The van der Waals surface area contributed by atoms with Crippen molar-refractivity contribution in [1.29, 1.82) is 0 Å². The normalized spacial score (nSPS) is 23.9. The zero-order valence-corrected chi connectivity index (χ0v) is 9.95. The van der Waals surface area contributed by atoms with Crippen LogP contribution in [0.2, 0.25) is 0 Å². The van der Waals surface area contributed by atoms with Gasteiger partial charge in [0, 0.05) is 19.2 Å². The maximum absolute atomic E-state index is 5.71. The van der Waals surface area contributed by atoms with E-state index in [1.807, 2.05) is 11.7 Å². The highest BCUT2D eigenvalue weighted by Crippen LogP contribution is 2.45. The summed E-state index contributed by atoms with van der Waals surface area (Å²) in [5, 5.41) is 4.61. The summed E-state index contributed by atoms with van der Waals surface area (Å²) in [7, 11) is 2.00. The Labute approximate surface area is 91.7 Å². The number of hydrogen-bond donors (Lipinski definition) is 1. The molecule has 15 heavy (non-hydrogen) atoms. The minimum Gasteiger partial charge on any atom is -0.330 e. The summed E-state index contributed by atoms with van der Waals surface area (Å²) in [6, 6.07) is 0. The summed E-state index contributed by atoms with van der Waals surface area (Å²) in [6.45, 7) is 5.43. The van der Waals surface area contributed by atoms with E-state index in [9.17, 15) is 0 Å². The Bertz CT molecular complexity index is 352. The predicted octanol–water partition coefficient (Wildman–Crippen LogP) is 1.82. The Hall–Kier alpha value is -0.830. The molecule has 0 aliphatic heterocycles.